The van der Waals surface area contributed by atoms with E-state index >= 15 is 4.57 Å². The van der Waals surface area contributed by atoms with Crippen LogP contribution >= 0.6 is 32.6 Å². The second-order valence-corrected chi connectivity index (χ2v) is 28.0. The van der Waals surface area contributed by atoms with Crippen LogP contribution in [0.2, 0.25) is 0 Å². The molecule has 0 saturated heterocycles. The molecule has 4 unspecified atom stereocenters. The predicted molar refractivity (Wildman–Crippen MR) is 325 cm³/mol. The van der Waals surface area contributed by atoms with Crippen molar-refractivity contribution in [3.63, 3.8) is 0 Å². The lowest BCUT2D eigenvalue weighted by Crippen LogP contribution is -2.32. The SMILES string of the molecule is C[C@]12c3cc4cc(c3)O[PH](=O)Oc3cc5cc(c3)[C@](C)(c3ccc1[nH]3)c1ccc([nH]1)[C@@]1(C)c3cc(cc(c3)OP(=O)(c3ccccc3)Oc3cc(cc(c3)[C@@](C)(c3ccc2[nH]3)c2ccc1[nH]2)OP(c1ccccc1)O4)OP(c1ccccc1)O5. The molecule has 0 spiro atoms. The smallest absolute Gasteiger partial charge is 0.435 e. The summed E-state index contributed by atoms with van der Waals surface area (Å²) in [6.45, 7) is 8.63. The molecule has 0 amide bonds. The highest BCUT2D eigenvalue weighted by Gasteiger charge is 2.46. The fraction of sp³-hybridized carbons (Fsp3) is 0.121. The maximum absolute atomic E-state index is 16.5. The molecule has 8 atom stereocenters. The molecule has 7 aromatic carbocycles. The third-order valence-electron chi connectivity index (χ3n) is 17.5. The van der Waals surface area contributed by atoms with Crippen molar-refractivity contribution in [3.8, 4) is 46.0 Å². The summed E-state index contributed by atoms with van der Waals surface area (Å²) in [6.07, 6.45) is 0. The summed E-state index contributed by atoms with van der Waals surface area (Å²) < 4.78 is 87.3. The fourth-order valence-corrected chi connectivity index (χ4v) is 17.3. The van der Waals surface area contributed by atoms with Crippen LogP contribution in [-0.2, 0) is 30.8 Å². The number of aromatic amines is 4. The quantitative estimate of drug-likeness (QED) is 0.125. The maximum Gasteiger partial charge on any atom is 0.462 e. The van der Waals surface area contributed by atoms with Crippen molar-refractivity contribution >= 4 is 48.5 Å². The van der Waals surface area contributed by atoms with Crippen LogP contribution in [0.3, 0.4) is 0 Å². The van der Waals surface area contributed by atoms with Crippen molar-refractivity contribution in [1.29, 1.82) is 0 Å². The summed E-state index contributed by atoms with van der Waals surface area (Å²) >= 11 is 0. The molecule has 0 fully saturated rings. The number of rotatable bonds is 3. The van der Waals surface area contributed by atoms with Crippen LogP contribution in [0.5, 0.6) is 46.0 Å². The molecule has 0 aliphatic carbocycles. The van der Waals surface area contributed by atoms with Gasteiger partial charge in [0, 0.05) is 69.8 Å². The molecule has 14 nitrogen and oxygen atoms in total. The van der Waals surface area contributed by atoms with Gasteiger partial charge < -0.3 is 56.1 Å². The van der Waals surface area contributed by atoms with Gasteiger partial charge in [0.1, 0.15) is 46.0 Å². The molecule has 0 radical (unpaired) electrons. The first-order valence-corrected chi connectivity index (χ1v) is 32.6. The first-order valence-electron chi connectivity index (χ1n) is 27.5. The first-order chi connectivity index (χ1) is 40.7. The largest absolute Gasteiger partial charge is 0.462 e. The molecule has 4 N–H and O–H groups in total. The van der Waals surface area contributed by atoms with Gasteiger partial charge in [-0.3, -0.25) is 0 Å². The summed E-state index contributed by atoms with van der Waals surface area (Å²) in [6, 6.07) is 67.8. The number of benzene rings is 7. The van der Waals surface area contributed by atoms with E-state index in [1.807, 2.05) is 127 Å². The summed E-state index contributed by atoms with van der Waals surface area (Å²) in [5.41, 5.74) is 5.18. The third-order valence-corrected chi connectivity index (χ3v) is 23.1. The van der Waals surface area contributed by atoms with Gasteiger partial charge in [-0.2, -0.15) is 0 Å². The van der Waals surface area contributed by atoms with Crippen LogP contribution in [0, 0.1) is 0 Å². The van der Waals surface area contributed by atoms with E-state index in [1.54, 1.807) is 36.4 Å². The average Bonchev–Trinajstić information content (AvgIpc) is 1.80. The molecule has 11 aromatic rings. The van der Waals surface area contributed by atoms with E-state index < -0.39 is 54.3 Å². The van der Waals surface area contributed by atoms with Gasteiger partial charge in [0.25, 0.3) is 0 Å². The molecule has 4 aromatic heterocycles. The van der Waals surface area contributed by atoms with Crippen LogP contribution in [0.1, 0.15) is 95.5 Å². The van der Waals surface area contributed by atoms with Crippen LogP contribution in [0.4, 0.5) is 0 Å². The Balaban J connectivity index is 1.10. The highest BCUT2D eigenvalue weighted by Crippen LogP contribution is 2.57. The highest BCUT2D eigenvalue weighted by molar-refractivity contribution is 7.63. The molecule has 9 heterocycles. The van der Waals surface area contributed by atoms with Gasteiger partial charge in [0.15, 0.2) is 0 Å². The second-order valence-electron chi connectivity index (χ2n) is 22.4. The minimum Gasteiger partial charge on any atom is -0.435 e. The van der Waals surface area contributed by atoms with Crippen molar-refractivity contribution < 1.29 is 45.3 Å². The lowest BCUT2D eigenvalue weighted by molar-refractivity contribution is 0.396. The van der Waals surface area contributed by atoms with E-state index in [1.165, 1.54) is 0 Å². The Bertz CT molecular complexity index is 4270. The van der Waals surface area contributed by atoms with Crippen LogP contribution in [0.15, 0.2) is 212 Å². The Morgan fingerprint density at radius 2 is 0.607 bits per heavy atom. The molecule has 18 heteroatoms. The van der Waals surface area contributed by atoms with E-state index in [9.17, 15) is 4.57 Å². The Kier molecular flexibility index (Phi) is 11.4. The standard InChI is InChI=1S/C66H52N4O10P4/c1-63-40-28-44-36-48(32-40)77-83(71)78-49-33-41-29-45(37-49)74-82(53-16-10-6-11-17-53)76-47-31-43-35-51(39-47)80-84(72,54-18-12-7-13-19-54)79-50-34-42(30-46(38-50)75-81(73-44)52-14-8-5-9-15-52)65(3,59-24-22-57(63)68-59)61-26-27-62(70-61)66(43,4)60-25-23-58(69-60)64(41,2)56-21-20-55(63)67-56/h5-39,67-70,83H,1-4H3/t63-,64+,65-,66+,81?,82?,84?. The van der Waals surface area contributed by atoms with Crippen LogP contribution in [-0.4, -0.2) is 19.9 Å². The number of aromatic nitrogens is 4. The van der Waals surface area contributed by atoms with E-state index in [2.05, 4.69) is 96.2 Å². The lowest BCUT2D eigenvalue weighted by atomic mass is 9.75. The van der Waals surface area contributed by atoms with Gasteiger partial charge in [0.2, 0.25) is 0 Å². The van der Waals surface area contributed by atoms with E-state index in [4.69, 9.17) is 36.2 Å². The number of hydrogen-bond donors (Lipinski definition) is 4. The van der Waals surface area contributed by atoms with Crippen LogP contribution < -0.4 is 52.1 Å². The van der Waals surface area contributed by atoms with Crippen molar-refractivity contribution in [2.24, 2.45) is 0 Å². The monoisotopic (exact) mass is 1180 g/mol. The Hall–Kier alpha value is -8.62. The molecular formula is C66H52N4O10P4. The first kappa shape index (κ1) is 51.1. The van der Waals surface area contributed by atoms with Crippen molar-refractivity contribution in [2.75, 3.05) is 0 Å². The van der Waals surface area contributed by atoms with Gasteiger partial charge in [-0.15, -0.1) is 0 Å². The molecule has 416 valence electrons. The topological polar surface area (TPSA) is 171 Å². The number of fused-ring (bicyclic) bond motifs is 13. The minimum absolute atomic E-state index is 0.200. The molecule has 0 saturated carbocycles. The molecule has 24 bridgehead atoms. The van der Waals surface area contributed by atoms with Gasteiger partial charge >= 0.3 is 32.6 Å². The van der Waals surface area contributed by atoms with Gasteiger partial charge in [-0.25, -0.2) is 9.13 Å². The predicted octanol–water partition coefficient (Wildman–Crippen LogP) is 15.0. The summed E-state index contributed by atoms with van der Waals surface area (Å²) in [5.74, 6) is 2.30. The van der Waals surface area contributed by atoms with E-state index in [0.29, 0.717) is 28.3 Å². The van der Waals surface area contributed by atoms with Crippen molar-refractivity contribution in [1.82, 2.24) is 19.9 Å². The van der Waals surface area contributed by atoms with E-state index in [0.717, 1.165) is 78.4 Å². The Morgan fingerprint density at radius 1 is 0.345 bits per heavy atom. The summed E-state index contributed by atoms with van der Waals surface area (Å²) in [5, 5.41) is 1.80. The minimum atomic E-state index is -4.46. The zero-order valence-electron chi connectivity index (χ0n) is 45.6. The molecule has 5 aliphatic heterocycles. The Labute approximate surface area is 486 Å². The normalized spacial score (nSPS) is 25.6. The maximum atomic E-state index is 16.5. The molecular weight excluding hydrogens is 1130 g/mol. The summed E-state index contributed by atoms with van der Waals surface area (Å²) in [7, 11) is -12.0. The van der Waals surface area contributed by atoms with Crippen LogP contribution in [0.25, 0.3) is 0 Å². The second kappa shape index (κ2) is 18.7. The van der Waals surface area contributed by atoms with Gasteiger partial charge in [0.05, 0.1) is 37.6 Å². The lowest BCUT2D eigenvalue weighted by Gasteiger charge is -2.35. The average molecular weight is 1190 g/mol. The van der Waals surface area contributed by atoms with Gasteiger partial charge in [-0.05, 0) is 183 Å². The molecule has 16 rings (SSSR count). The number of H-pyrrole nitrogens is 4. The highest BCUT2D eigenvalue weighted by atomic mass is 31.2. The third kappa shape index (κ3) is 7.99. The van der Waals surface area contributed by atoms with E-state index in [-0.39, 0.29) is 23.0 Å². The number of nitrogens with one attached hydrogen (secondary N) is 4. The van der Waals surface area contributed by atoms with Gasteiger partial charge in [-0.1, -0.05) is 54.6 Å². The van der Waals surface area contributed by atoms with Crippen molar-refractivity contribution in [2.45, 2.75) is 49.4 Å². The zero-order valence-corrected chi connectivity index (χ0v) is 49.3. The fourth-order valence-electron chi connectivity index (χ4n) is 12.6. The molecule has 5 aliphatic rings. The zero-order chi connectivity index (χ0) is 56.7. The van der Waals surface area contributed by atoms with Crippen molar-refractivity contribution in [3.05, 3.63) is 280 Å². The summed E-state index contributed by atoms with van der Waals surface area (Å²) in [4.78, 5) is 16.1. The molecule has 84 heavy (non-hydrogen) atoms. The number of hydrogen-bond acceptors (Lipinski definition) is 10. The Morgan fingerprint density at radius 3 is 0.917 bits per heavy atom.